The van der Waals surface area contributed by atoms with E-state index in [4.69, 9.17) is 16.1 Å². The van der Waals surface area contributed by atoms with Crippen LogP contribution in [0.4, 0.5) is 0 Å². The molecule has 0 unspecified atom stereocenters. The molecule has 6 heteroatoms. The van der Waals surface area contributed by atoms with Crippen LogP contribution in [0.15, 0.2) is 40.9 Å². The Bertz CT molecular complexity index is 1040. The fourth-order valence-corrected chi connectivity index (χ4v) is 3.77. The molecule has 2 heterocycles. The van der Waals surface area contributed by atoms with Gasteiger partial charge in [-0.1, -0.05) is 42.7 Å². The number of benzene rings is 2. The van der Waals surface area contributed by atoms with Crippen molar-refractivity contribution < 1.29 is 9.32 Å². The zero-order valence-electron chi connectivity index (χ0n) is 16.4. The van der Waals surface area contributed by atoms with E-state index >= 15 is 0 Å². The summed E-state index contributed by atoms with van der Waals surface area (Å²) in [4.78, 5) is 19.5. The largest absolute Gasteiger partial charge is 0.339 e. The Morgan fingerprint density at radius 1 is 1.14 bits per heavy atom. The summed E-state index contributed by atoms with van der Waals surface area (Å²) in [7, 11) is 0. The number of rotatable bonds is 4. The van der Waals surface area contributed by atoms with Crippen LogP contribution in [-0.2, 0) is 6.54 Å². The van der Waals surface area contributed by atoms with E-state index in [0.29, 0.717) is 23.3 Å². The number of aromatic nitrogens is 2. The summed E-state index contributed by atoms with van der Waals surface area (Å²) in [6.07, 6.45) is 0. The van der Waals surface area contributed by atoms with Gasteiger partial charge in [0.05, 0.1) is 6.04 Å². The van der Waals surface area contributed by atoms with Crippen molar-refractivity contribution in [3.8, 4) is 11.4 Å². The van der Waals surface area contributed by atoms with Crippen molar-refractivity contribution in [2.24, 2.45) is 0 Å². The molecule has 0 saturated heterocycles. The van der Waals surface area contributed by atoms with Crippen molar-refractivity contribution in [3.63, 3.8) is 0 Å². The summed E-state index contributed by atoms with van der Waals surface area (Å²) in [5, 5.41) is 4.79. The third kappa shape index (κ3) is 3.20. The average molecular weight is 396 g/mol. The van der Waals surface area contributed by atoms with Crippen molar-refractivity contribution in [3.05, 3.63) is 69.6 Å². The minimum atomic E-state index is -0.0438. The molecule has 1 atom stereocenters. The number of fused-ring (bicyclic) bond motifs is 1. The number of carbonyl (C=O) groups is 1. The quantitative estimate of drug-likeness (QED) is 0.582. The first kappa shape index (κ1) is 18.7. The standard InChI is InChI=1S/C22H22ClN3O2/c1-12(2)21-24-20(25-28-21)16-9-13(3)19-17(10-16)11-26(22(19)27)14(4)15-5-7-18(23)8-6-15/h5-10,12,14H,11H2,1-4H3/t14-/m0/s1. The van der Waals surface area contributed by atoms with E-state index in [9.17, 15) is 4.79 Å². The highest BCUT2D eigenvalue weighted by atomic mass is 35.5. The fraction of sp³-hybridized carbons (Fsp3) is 0.318. The van der Waals surface area contributed by atoms with Gasteiger partial charge in [0.1, 0.15) is 0 Å². The predicted octanol–water partition coefficient (Wildman–Crippen LogP) is 5.54. The number of amides is 1. The van der Waals surface area contributed by atoms with Gasteiger partial charge in [-0.3, -0.25) is 4.79 Å². The minimum absolute atomic E-state index is 0.0438. The van der Waals surface area contributed by atoms with Crippen LogP contribution in [-0.4, -0.2) is 20.9 Å². The first-order valence-corrected chi connectivity index (χ1v) is 9.77. The number of carbonyl (C=O) groups excluding carboxylic acids is 1. The molecule has 0 radical (unpaired) electrons. The van der Waals surface area contributed by atoms with Gasteiger partial charge >= 0.3 is 0 Å². The lowest BCUT2D eigenvalue weighted by atomic mass is 10.00. The van der Waals surface area contributed by atoms with Gasteiger partial charge < -0.3 is 9.42 Å². The van der Waals surface area contributed by atoms with Crippen molar-refractivity contribution in [1.82, 2.24) is 15.0 Å². The summed E-state index contributed by atoms with van der Waals surface area (Å²) < 4.78 is 5.34. The van der Waals surface area contributed by atoms with Crippen LogP contribution in [0.3, 0.4) is 0 Å². The maximum absolute atomic E-state index is 13.1. The predicted molar refractivity (Wildman–Crippen MR) is 108 cm³/mol. The number of nitrogens with zero attached hydrogens (tertiary/aromatic N) is 3. The lowest BCUT2D eigenvalue weighted by Crippen LogP contribution is -2.27. The van der Waals surface area contributed by atoms with Gasteiger partial charge in [0.15, 0.2) is 0 Å². The molecular weight excluding hydrogens is 374 g/mol. The summed E-state index contributed by atoms with van der Waals surface area (Å²) in [6, 6.07) is 11.6. The van der Waals surface area contributed by atoms with Crippen LogP contribution in [0, 0.1) is 6.92 Å². The van der Waals surface area contributed by atoms with Crippen LogP contribution in [0.2, 0.25) is 5.02 Å². The van der Waals surface area contributed by atoms with Gasteiger partial charge in [0.25, 0.3) is 5.91 Å². The lowest BCUT2D eigenvalue weighted by molar-refractivity contribution is 0.0715. The third-order valence-corrected chi connectivity index (χ3v) is 5.50. The number of halogens is 1. The van der Waals surface area contributed by atoms with Crippen LogP contribution < -0.4 is 0 Å². The maximum Gasteiger partial charge on any atom is 0.255 e. The molecule has 1 aliphatic rings. The zero-order valence-corrected chi connectivity index (χ0v) is 17.1. The molecule has 0 aliphatic carbocycles. The van der Waals surface area contributed by atoms with Gasteiger partial charge in [0.2, 0.25) is 11.7 Å². The van der Waals surface area contributed by atoms with Crippen molar-refractivity contribution in [1.29, 1.82) is 0 Å². The first-order valence-electron chi connectivity index (χ1n) is 9.39. The summed E-state index contributed by atoms with van der Waals surface area (Å²) in [5.41, 5.74) is 4.64. The average Bonchev–Trinajstić information content (AvgIpc) is 3.27. The smallest absolute Gasteiger partial charge is 0.255 e. The minimum Gasteiger partial charge on any atom is -0.339 e. The van der Waals surface area contributed by atoms with Gasteiger partial charge in [-0.25, -0.2) is 0 Å². The van der Waals surface area contributed by atoms with E-state index in [0.717, 1.165) is 27.8 Å². The highest BCUT2D eigenvalue weighted by Crippen LogP contribution is 2.35. The van der Waals surface area contributed by atoms with Gasteiger partial charge in [-0.15, -0.1) is 0 Å². The second-order valence-corrected chi connectivity index (χ2v) is 8.04. The molecule has 0 N–H and O–H groups in total. The Morgan fingerprint density at radius 3 is 2.50 bits per heavy atom. The summed E-state index contributed by atoms with van der Waals surface area (Å²) in [5.74, 6) is 1.40. The molecule has 0 bridgehead atoms. The van der Waals surface area contributed by atoms with Gasteiger partial charge in [-0.05, 0) is 54.8 Å². The Morgan fingerprint density at radius 2 is 1.86 bits per heavy atom. The van der Waals surface area contributed by atoms with Crippen molar-refractivity contribution >= 4 is 17.5 Å². The Hall–Kier alpha value is -2.66. The molecule has 0 spiro atoms. The molecule has 0 fully saturated rings. The van der Waals surface area contributed by atoms with E-state index in [2.05, 4.69) is 10.1 Å². The molecule has 1 aliphatic heterocycles. The molecule has 4 rings (SSSR count). The lowest BCUT2D eigenvalue weighted by Gasteiger charge is -2.24. The SMILES string of the molecule is Cc1cc(-c2noc(C(C)C)n2)cc2c1C(=O)N([C@@H](C)c1ccc(Cl)cc1)C2. The molecule has 0 saturated carbocycles. The van der Waals surface area contributed by atoms with Gasteiger partial charge in [-0.2, -0.15) is 4.98 Å². The van der Waals surface area contributed by atoms with Crippen LogP contribution in [0.25, 0.3) is 11.4 Å². The summed E-state index contributed by atoms with van der Waals surface area (Å²) in [6.45, 7) is 8.58. The van der Waals surface area contributed by atoms with Crippen LogP contribution >= 0.6 is 11.6 Å². The maximum atomic E-state index is 13.1. The molecular formula is C22H22ClN3O2. The van der Waals surface area contributed by atoms with E-state index in [1.54, 1.807) is 0 Å². The topological polar surface area (TPSA) is 59.2 Å². The highest BCUT2D eigenvalue weighted by Gasteiger charge is 2.33. The Kier molecular flexibility index (Phi) is 4.71. The third-order valence-electron chi connectivity index (χ3n) is 5.25. The highest BCUT2D eigenvalue weighted by molar-refractivity contribution is 6.30. The van der Waals surface area contributed by atoms with E-state index in [-0.39, 0.29) is 17.9 Å². The monoisotopic (exact) mass is 395 g/mol. The van der Waals surface area contributed by atoms with Crippen molar-refractivity contribution in [2.45, 2.75) is 46.2 Å². The molecule has 5 nitrogen and oxygen atoms in total. The molecule has 2 aromatic carbocycles. The Labute approximate surface area is 169 Å². The van der Waals surface area contributed by atoms with E-state index in [1.165, 1.54) is 0 Å². The Balaban J connectivity index is 1.66. The molecule has 1 aromatic heterocycles. The van der Waals surface area contributed by atoms with Crippen LogP contribution in [0.1, 0.15) is 65.7 Å². The van der Waals surface area contributed by atoms with Crippen LogP contribution in [0.5, 0.6) is 0 Å². The normalized spacial score (nSPS) is 14.6. The van der Waals surface area contributed by atoms with E-state index in [1.807, 2.05) is 69.0 Å². The molecule has 1 amide bonds. The first-order chi connectivity index (χ1) is 13.3. The van der Waals surface area contributed by atoms with E-state index < -0.39 is 0 Å². The second kappa shape index (κ2) is 7.06. The number of hydrogen-bond donors (Lipinski definition) is 0. The number of aryl methyl sites for hydroxylation is 1. The fourth-order valence-electron chi connectivity index (χ4n) is 3.64. The molecule has 144 valence electrons. The molecule has 3 aromatic rings. The molecule has 28 heavy (non-hydrogen) atoms. The number of hydrogen-bond acceptors (Lipinski definition) is 4. The zero-order chi connectivity index (χ0) is 20.0. The van der Waals surface area contributed by atoms with Crippen molar-refractivity contribution in [2.75, 3.05) is 0 Å². The van der Waals surface area contributed by atoms with Gasteiger partial charge in [0, 0.05) is 28.6 Å². The summed E-state index contributed by atoms with van der Waals surface area (Å²) >= 11 is 6.00. The second-order valence-electron chi connectivity index (χ2n) is 7.60.